The zero-order valence-corrected chi connectivity index (χ0v) is 19.7. The highest BCUT2D eigenvalue weighted by molar-refractivity contribution is 7.90. The molecule has 1 aromatic carbocycles. The second kappa shape index (κ2) is 9.80. The number of amides is 2. The molecule has 180 valence electrons. The molecule has 0 unspecified atom stereocenters. The number of carbonyl (C=O) groups is 1. The van der Waals surface area contributed by atoms with Crippen LogP contribution in [0.5, 0.6) is 5.88 Å². The van der Waals surface area contributed by atoms with Gasteiger partial charge in [0, 0.05) is 30.6 Å². The molecule has 9 nitrogen and oxygen atoms in total. The van der Waals surface area contributed by atoms with Crippen molar-refractivity contribution in [2.75, 3.05) is 11.9 Å². The number of carbonyl (C=O) groups excluding carboxylic acids is 1. The number of pyridine rings is 1. The number of hydrogen-bond acceptors (Lipinski definition) is 6. The summed E-state index contributed by atoms with van der Waals surface area (Å²) < 4.78 is 49.3. The summed E-state index contributed by atoms with van der Waals surface area (Å²) in [5, 5.41) is 6.44. The average Bonchev–Trinajstić information content (AvgIpc) is 3.26. The summed E-state index contributed by atoms with van der Waals surface area (Å²) in [6.07, 6.45) is 5.50. The van der Waals surface area contributed by atoms with Crippen LogP contribution in [0.25, 0.3) is 11.1 Å². The van der Waals surface area contributed by atoms with Gasteiger partial charge < -0.3 is 10.1 Å². The molecule has 2 amide bonds. The number of benzene rings is 1. The van der Waals surface area contributed by atoms with E-state index in [1.54, 1.807) is 24.5 Å². The number of anilines is 1. The molecule has 34 heavy (non-hydrogen) atoms. The molecule has 0 atom stereocenters. The van der Waals surface area contributed by atoms with Crippen molar-refractivity contribution < 1.29 is 22.3 Å². The van der Waals surface area contributed by atoms with Gasteiger partial charge in [0.05, 0.1) is 12.3 Å². The van der Waals surface area contributed by atoms with Crippen LogP contribution in [0.1, 0.15) is 44.6 Å². The highest BCUT2D eigenvalue weighted by atomic mass is 32.2. The quantitative estimate of drug-likeness (QED) is 0.529. The van der Waals surface area contributed by atoms with Crippen LogP contribution in [0.4, 0.5) is 14.9 Å². The van der Waals surface area contributed by atoms with Crippen LogP contribution in [0.15, 0.2) is 47.8 Å². The Balaban J connectivity index is 1.79. The number of hydrogen-bond donors (Lipinski definition) is 2. The molecule has 3 heterocycles. The number of nitrogens with zero attached hydrogens (tertiary/aromatic N) is 3. The van der Waals surface area contributed by atoms with Crippen molar-refractivity contribution in [3.8, 4) is 17.0 Å². The van der Waals surface area contributed by atoms with E-state index in [1.165, 1.54) is 22.9 Å². The summed E-state index contributed by atoms with van der Waals surface area (Å²) in [5.74, 6) is -0.264. The van der Waals surface area contributed by atoms with Gasteiger partial charge in [0.25, 0.3) is 10.0 Å². The van der Waals surface area contributed by atoms with Crippen molar-refractivity contribution in [3.63, 3.8) is 0 Å². The maximum absolute atomic E-state index is 14.6. The van der Waals surface area contributed by atoms with Crippen molar-refractivity contribution in [2.24, 2.45) is 0 Å². The third-order valence-electron chi connectivity index (χ3n) is 5.44. The van der Waals surface area contributed by atoms with E-state index in [0.29, 0.717) is 41.4 Å². The Kier molecular flexibility index (Phi) is 6.82. The van der Waals surface area contributed by atoms with E-state index in [4.69, 9.17) is 4.74 Å². The second-order valence-corrected chi connectivity index (χ2v) is 9.97. The fourth-order valence-corrected chi connectivity index (χ4v) is 4.61. The number of sulfonamides is 1. The number of aryl methyl sites for hydroxylation is 1. The van der Waals surface area contributed by atoms with Crippen molar-refractivity contribution in [3.05, 3.63) is 54.1 Å². The Morgan fingerprint density at radius 3 is 2.76 bits per heavy atom. The minimum atomic E-state index is -4.20. The monoisotopic (exact) mass is 487 g/mol. The number of halogens is 1. The Bertz CT molecular complexity index is 1310. The van der Waals surface area contributed by atoms with E-state index in [9.17, 15) is 17.6 Å². The molecule has 0 radical (unpaired) electrons. The van der Waals surface area contributed by atoms with Crippen LogP contribution >= 0.6 is 0 Å². The first kappa shape index (κ1) is 23.7. The molecular formula is C23H26FN5O4S. The predicted octanol–water partition coefficient (Wildman–Crippen LogP) is 4.28. The lowest BCUT2D eigenvalue weighted by Gasteiger charge is -2.19. The minimum Gasteiger partial charge on any atom is -0.478 e. The van der Waals surface area contributed by atoms with Crippen molar-refractivity contribution in [1.82, 2.24) is 19.5 Å². The summed E-state index contributed by atoms with van der Waals surface area (Å²) in [6.45, 7) is 4.68. The first-order valence-electron chi connectivity index (χ1n) is 11.0. The number of aromatic nitrogens is 3. The van der Waals surface area contributed by atoms with Gasteiger partial charge in [-0.25, -0.2) is 18.9 Å². The van der Waals surface area contributed by atoms with Crippen LogP contribution in [0.3, 0.4) is 0 Å². The maximum atomic E-state index is 14.6. The first-order valence-corrected chi connectivity index (χ1v) is 12.5. The maximum Gasteiger partial charge on any atom is 0.333 e. The van der Waals surface area contributed by atoms with Crippen LogP contribution in [0.2, 0.25) is 0 Å². The zero-order chi connectivity index (χ0) is 24.3. The SMILES string of the molecule is CC(C)c1cc(F)cc2c1NC(=O)NS(=O)(=O)c1ccn(n1)CCCCCOc1cc-2ccn1. The van der Waals surface area contributed by atoms with E-state index < -0.39 is 21.9 Å². The molecule has 0 saturated carbocycles. The third kappa shape index (κ3) is 5.36. The number of nitrogens with one attached hydrogen (secondary N) is 2. The summed E-state index contributed by atoms with van der Waals surface area (Å²) in [5.41, 5.74) is 1.77. The van der Waals surface area contributed by atoms with Crippen molar-refractivity contribution >= 4 is 21.7 Å². The summed E-state index contributed by atoms with van der Waals surface area (Å²) in [4.78, 5) is 17.0. The molecule has 0 saturated heterocycles. The highest BCUT2D eigenvalue weighted by Crippen LogP contribution is 2.37. The Labute approximate surface area is 197 Å². The Hall–Kier alpha value is -3.47. The van der Waals surface area contributed by atoms with Gasteiger partial charge in [-0.2, -0.15) is 13.5 Å². The van der Waals surface area contributed by atoms with E-state index in [1.807, 2.05) is 18.6 Å². The molecule has 0 fully saturated rings. The Morgan fingerprint density at radius 2 is 1.97 bits per heavy atom. The van der Waals surface area contributed by atoms with Crippen LogP contribution in [-0.4, -0.2) is 35.8 Å². The lowest BCUT2D eigenvalue weighted by atomic mass is 9.94. The second-order valence-electron chi connectivity index (χ2n) is 8.34. The lowest BCUT2D eigenvalue weighted by Crippen LogP contribution is -2.35. The lowest BCUT2D eigenvalue weighted by molar-refractivity contribution is 0.256. The molecule has 2 aromatic heterocycles. The molecule has 0 spiro atoms. The number of urea groups is 1. The van der Waals surface area contributed by atoms with E-state index in [-0.39, 0.29) is 10.9 Å². The molecular weight excluding hydrogens is 461 g/mol. The fourth-order valence-electron chi connectivity index (χ4n) is 3.76. The van der Waals surface area contributed by atoms with E-state index in [0.717, 1.165) is 19.3 Å². The van der Waals surface area contributed by atoms with Crippen molar-refractivity contribution in [2.45, 2.75) is 50.6 Å². The zero-order valence-electron chi connectivity index (χ0n) is 18.9. The number of fused-ring (bicyclic) bond motifs is 6. The molecule has 11 heteroatoms. The van der Waals surface area contributed by atoms with Gasteiger partial charge >= 0.3 is 6.03 Å². The fraction of sp³-hybridized carbons (Fsp3) is 0.348. The summed E-state index contributed by atoms with van der Waals surface area (Å²) in [7, 11) is -4.20. The normalized spacial score (nSPS) is 16.4. The number of rotatable bonds is 1. The molecule has 2 N–H and O–H groups in total. The summed E-state index contributed by atoms with van der Waals surface area (Å²) in [6, 6.07) is 6.32. The topological polar surface area (TPSA) is 115 Å². The first-order chi connectivity index (χ1) is 16.2. The van der Waals surface area contributed by atoms with E-state index >= 15 is 0 Å². The third-order valence-corrected chi connectivity index (χ3v) is 6.66. The van der Waals surface area contributed by atoms with Crippen LogP contribution in [0, 0.1) is 5.82 Å². The van der Waals surface area contributed by atoms with Gasteiger partial charge in [-0.3, -0.25) is 4.68 Å². The minimum absolute atomic E-state index is 0.160. The standard InChI is InChI=1S/C23H26FN5O4S/c1-15(2)18-13-17(24)14-19-16-6-8-25-20(12-16)33-11-5-3-4-9-29-10-7-21(27-29)34(31,32)28-23(30)26-22(18)19/h6-8,10,12-15H,3-5,9,11H2,1-2H3,(H2,26,28,30). The molecule has 4 rings (SSSR count). The van der Waals surface area contributed by atoms with Crippen LogP contribution < -0.4 is 14.8 Å². The van der Waals surface area contributed by atoms with Crippen LogP contribution in [-0.2, 0) is 16.6 Å². The largest absolute Gasteiger partial charge is 0.478 e. The van der Waals surface area contributed by atoms with Gasteiger partial charge in [0.2, 0.25) is 5.88 Å². The van der Waals surface area contributed by atoms with Gasteiger partial charge in [-0.1, -0.05) is 13.8 Å². The van der Waals surface area contributed by atoms with Gasteiger partial charge in [-0.15, -0.1) is 0 Å². The number of ether oxygens (including phenoxy) is 1. The smallest absolute Gasteiger partial charge is 0.333 e. The summed E-state index contributed by atoms with van der Waals surface area (Å²) >= 11 is 0. The predicted molar refractivity (Wildman–Crippen MR) is 125 cm³/mol. The molecule has 4 bridgehead atoms. The molecule has 1 aliphatic rings. The average molecular weight is 488 g/mol. The van der Waals surface area contributed by atoms with Crippen molar-refractivity contribution in [1.29, 1.82) is 0 Å². The molecule has 1 aliphatic heterocycles. The molecule has 0 aliphatic carbocycles. The van der Waals surface area contributed by atoms with Gasteiger partial charge in [0.1, 0.15) is 5.82 Å². The highest BCUT2D eigenvalue weighted by Gasteiger charge is 2.23. The Morgan fingerprint density at radius 1 is 1.15 bits per heavy atom. The van der Waals surface area contributed by atoms with Gasteiger partial charge in [0.15, 0.2) is 5.03 Å². The van der Waals surface area contributed by atoms with E-state index in [2.05, 4.69) is 15.4 Å². The molecule has 3 aromatic rings. The van der Waals surface area contributed by atoms with Gasteiger partial charge in [-0.05, 0) is 60.6 Å².